The SMILES string of the molecule is CCOC(=O)C(CC(=O)O)OCC. The van der Waals surface area contributed by atoms with Crippen LogP contribution in [-0.2, 0) is 19.1 Å². The minimum atomic E-state index is -1.08. The summed E-state index contributed by atoms with van der Waals surface area (Å²) in [7, 11) is 0. The van der Waals surface area contributed by atoms with Crippen molar-refractivity contribution >= 4 is 11.9 Å². The number of aliphatic carboxylic acids is 1. The topological polar surface area (TPSA) is 72.8 Å². The van der Waals surface area contributed by atoms with Gasteiger partial charge in [-0.05, 0) is 13.8 Å². The molecule has 76 valence electrons. The molecule has 1 N–H and O–H groups in total. The van der Waals surface area contributed by atoms with Crippen LogP contribution in [0.2, 0.25) is 0 Å². The first kappa shape index (κ1) is 11.9. The van der Waals surface area contributed by atoms with Gasteiger partial charge in [-0.15, -0.1) is 0 Å². The number of hydrogen-bond donors (Lipinski definition) is 1. The van der Waals surface area contributed by atoms with E-state index in [1.807, 2.05) is 0 Å². The molecule has 5 nitrogen and oxygen atoms in total. The average molecular weight is 190 g/mol. The third-order valence-corrected chi connectivity index (χ3v) is 1.28. The van der Waals surface area contributed by atoms with Gasteiger partial charge < -0.3 is 14.6 Å². The molecule has 0 amide bonds. The standard InChI is InChI=1S/C8H14O5/c1-3-12-6(5-7(9)10)8(11)13-4-2/h6H,3-5H2,1-2H3,(H,9,10). The van der Waals surface area contributed by atoms with E-state index in [4.69, 9.17) is 9.84 Å². The molecule has 0 aromatic rings. The Labute approximate surface area is 76.6 Å². The van der Waals surface area contributed by atoms with Crippen molar-refractivity contribution in [1.29, 1.82) is 0 Å². The Morgan fingerprint density at radius 1 is 1.31 bits per heavy atom. The van der Waals surface area contributed by atoms with Gasteiger partial charge in [0.05, 0.1) is 13.0 Å². The maximum absolute atomic E-state index is 11.1. The monoisotopic (exact) mass is 190 g/mol. The fourth-order valence-electron chi connectivity index (χ4n) is 0.805. The molecule has 0 saturated carbocycles. The summed E-state index contributed by atoms with van der Waals surface area (Å²) in [5.74, 6) is -1.70. The Morgan fingerprint density at radius 2 is 1.92 bits per heavy atom. The summed E-state index contributed by atoms with van der Waals surface area (Å²) in [6, 6.07) is 0. The minimum Gasteiger partial charge on any atom is -0.481 e. The molecule has 13 heavy (non-hydrogen) atoms. The van der Waals surface area contributed by atoms with Gasteiger partial charge in [-0.3, -0.25) is 4.79 Å². The van der Waals surface area contributed by atoms with Gasteiger partial charge in [0.15, 0.2) is 6.10 Å². The smallest absolute Gasteiger partial charge is 0.335 e. The number of rotatable bonds is 6. The van der Waals surface area contributed by atoms with Crippen LogP contribution in [0.25, 0.3) is 0 Å². The van der Waals surface area contributed by atoms with Gasteiger partial charge >= 0.3 is 11.9 Å². The van der Waals surface area contributed by atoms with Crippen molar-refractivity contribution in [1.82, 2.24) is 0 Å². The van der Waals surface area contributed by atoms with E-state index in [1.165, 1.54) is 0 Å². The highest BCUT2D eigenvalue weighted by Crippen LogP contribution is 2.01. The lowest BCUT2D eigenvalue weighted by Crippen LogP contribution is -2.29. The quantitative estimate of drug-likeness (QED) is 0.615. The molecule has 0 aliphatic carbocycles. The third kappa shape index (κ3) is 5.19. The zero-order valence-electron chi connectivity index (χ0n) is 7.78. The molecule has 0 aromatic heterocycles. The van der Waals surface area contributed by atoms with Crippen molar-refractivity contribution in [2.75, 3.05) is 13.2 Å². The van der Waals surface area contributed by atoms with Crippen LogP contribution in [0.4, 0.5) is 0 Å². The molecule has 0 spiro atoms. The highest BCUT2D eigenvalue weighted by atomic mass is 16.6. The molecule has 0 aliphatic rings. The zero-order chi connectivity index (χ0) is 10.3. The second-order valence-electron chi connectivity index (χ2n) is 2.29. The van der Waals surface area contributed by atoms with Gasteiger partial charge in [0.2, 0.25) is 0 Å². The number of carbonyl (C=O) groups is 2. The number of esters is 1. The van der Waals surface area contributed by atoms with Crippen LogP contribution in [0.15, 0.2) is 0 Å². The summed E-state index contributed by atoms with van der Waals surface area (Å²) in [5.41, 5.74) is 0. The minimum absolute atomic E-state index is 0.224. The van der Waals surface area contributed by atoms with Gasteiger partial charge in [0.25, 0.3) is 0 Å². The molecule has 1 atom stereocenters. The maximum atomic E-state index is 11.1. The molecule has 1 unspecified atom stereocenters. The van der Waals surface area contributed by atoms with E-state index >= 15 is 0 Å². The Kier molecular flexibility index (Phi) is 5.88. The van der Waals surface area contributed by atoms with Crippen molar-refractivity contribution in [3.63, 3.8) is 0 Å². The molecule has 0 aromatic carbocycles. The second-order valence-corrected chi connectivity index (χ2v) is 2.29. The lowest BCUT2D eigenvalue weighted by atomic mass is 10.2. The predicted octanol–water partition coefficient (Wildman–Crippen LogP) is 0.429. The Bertz CT molecular complexity index is 177. The van der Waals surface area contributed by atoms with Gasteiger partial charge in [0, 0.05) is 6.61 Å². The maximum Gasteiger partial charge on any atom is 0.335 e. The first-order valence-corrected chi connectivity index (χ1v) is 4.11. The Balaban J connectivity index is 4.06. The number of carbonyl (C=O) groups excluding carboxylic acids is 1. The van der Waals surface area contributed by atoms with Gasteiger partial charge in [-0.1, -0.05) is 0 Å². The zero-order valence-corrected chi connectivity index (χ0v) is 7.78. The number of hydrogen-bond acceptors (Lipinski definition) is 4. The summed E-state index contributed by atoms with van der Waals surface area (Å²) in [4.78, 5) is 21.4. The van der Waals surface area contributed by atoms with Crippen molar-refractivity contribution in [2.45, 2.75) is 26.4 Å². The molecule has 0 aliphatic heterocycles. The van der Waals surface area contributed by atoms with E-state index in [1.54, 1.807) is 13.8 Å². The van der Waals surface area contributed by atoms with Crippen LogP contribution >= 0.6 is 0 Å². The van der Waals surface area contributed by atoms with Crippen molar-refractivity contribution in [3.05, 3.63) is 0 Å². The fourth-order valence-corrected chi connectivity index (χ4v) is 0.805. The third-order valence-electron chi connectivity index (χ3n) is 1.28. The molecule has 0 saturated heterocycles. The highest BCUT2D eigenvalue weighted by molar-refractivity contribution is 5.81. The number of carboxylic acid groups (broad SMARTS) is 1. The number of carboxylic acids is 1. The van der Waals surface area contributed by atoms with Gasteiger partial charge in [-0.25, -0.2) is 4.79 Å². The molecular weight excluding hydrogens is 176 g/mol. The summed E-state index contributed by atoms with van der Waals surface area (Å²) in [6.45, 7) is 3.86. The van der Waals surface area contributed by atoms with Crippen molar-refractivity contribution in [2.24, 2.45) is 0 Å². The molecule has 0 radical (unpaired) electrons. The molecule has 0 bridgehead atoms. The molecule has 5 heteroatoms. The summed E-state index contributed by atoms with van der Waals surface area (Å²) in [5, 5.41) is 8.44. The summed E-state index contributed by atoms with van der Waals surface area (Å²) >= 11 is 0. The second kappa shape index (κ2) is 6.42. The largest absolute Gasteiger partial charge is 0.481 e. The normalized spacial score (nSPS) is 12.2. The van der Waals surface area contributed by atoms with E-state index in [0.717, 1.165) is 0 Å². The van der Waals surface area contributed by atoms with E-state index < -0.39 is 18.0 Å². The first-order valence-electron chi connectivity index (χ1n) is 4.11. The highest BCUT2D eigenvalue weighted by Gasteiger charge is 2.22. The fraction of sp³-hybridized carbons (Fsp3) is 0.750. The summed E-state index contributed by atoms with van der Waals surface area (Å²) in [6.07, 6.45) is -1.34. The van der Waals surface area contributed by atoms with E-state index in [-0.39, 0.29) is 19.6 Å². The average Bonchev–Trinajstić information content (AvgIpc) is 2.03. The van der Waals surface area contributed by atoms with Crippen LogP contribution in [0.1, 0.15) is 20.3 Å². The number of ether oxygens (including phenoxy) is 2. The van der Waals surface area contributed by atoms with Crippen molar-refractivity contribution in [3.8, 4) is 0 Å². The molecular formula is C8H14O5. The van der Waals surface area contributed by atoms with Crippen LogP contribution < -0.4 is 0 Å². The predicted molar refractivity (Wildman–Crippen MR) is 44.3 cm³/mol. The van der Waals surface area contributed by atoms with E-state index in [0.29, 0.717) is 0 Å². The van der Waals surface area contributed by atoms with Crippen LogP contribution in [0, 0.1) is 0 Å². The lowest BCUT2D eigenvalue weighted by molar-refractivity contribution is -0.161. The lowest BCUT2D eigenvalue weighted by Gasteiger charge is -2.12. The van der Waals surface area contributed by atoms with Crippen molar-refractivity contribution < 1.29 is 24.2 Å². The summed E-state index contributed by atoms with van der Waals surface area (Å²) < 4.78 is 9.54. The molecule has 0 heterocycles. The van der Waals surface area contributed by atoms with Crippen LogP contribution in [0.5, 0.6) is 0 Å². The van der Waals surface area contributed by atoms with Crippen LogP contribution in [-0.4, -0.2) is 36.4 Å². The van der Waals surface area contributed by atoms with E-state index in [2.05, 4.69) is 4.74 Å². The molecule has 0 rings (SSSR count). The van der Waals surface area contributed by atoms with Gasteiger partial charge in [0.1, 0.15) is 0 Å². The van der Waals surface area contributed by atoms with Gasteiger partial charge in [-0.2, -0.15) is 0 Å². The molecule has 0 fully saturated rings. The first-order chi connectivity index (χ1) is 6.11. The Morgan fingerprint density at radius 3 is 2.31 bits per heavy atom. The Hall–Kier alpha value is -1.10. The van der Waals surface area contributed by atoms with Crippen LogP contribution in [0.3, 0.4) is 0 Å². The van der Waals surface area contributed by atoms with E-state index in [9.17, 15) is 9.59 Å².